The average Bonchev–Trinajstić information content (AvgIpc) is 2.97. The van der Waals surface area contributed by atoms with Crippen molar-refractivity contribution in [1.82, 2.24) is 0 Å². The predicted molar refractivity (Wildman–Crippen MR) is 110 cm³/mol. The molecule has 1 aliphatic rings. The molecule has 5 nitrogen and oxygen atoms in total. The van der Waals surface area contributed by atoms with Crippen LogP contribution in [0.3, 0.4) is 0 Å². The van der Waals surface area contributed by atoms with Gasteiger partial charge in [-0.2, -0.15) is 0 Å². The molecule has 1 N–H and O–H groups in total. The van der Waals surface area contributed by atoms with Crippen molar-refractivity contribution >= 4 is 23.2 Å². The van der Waals surface area contributed by atoms with Crippen LogP contribution in [-0.2, 0) is 4.79 Å². The Morgan fingerprint density at radius 3 is 2.17 bits per heavy atom. The summed E-state index contributed by atoms with van der Waals surface area (Å²) < 4.78 is 30.3. The summed E-state index contributed by atoms with van der Waals surface area (Å²) in [6.07, 6.45) is 1.88. The molecule has 0 radical (unpaired) electrons. The lowest BCUT2D eigenvalue weighted by molar-refractivity contribution is -0.139. The zero-order valence-electron chi connectivity index (χ0n) is 17.0. The average molecular weight is 398 g/mol. The first-order chi connectivity index (χ1) is 13.8. The third-order valence-corrected chi connectivity index (χ3v) is 5.22. The van der Waals surface area contributed by atoms with Crippen LogP contribution in [0.15, 0.2) is 35.9 Å². The van der Waals surface area contributed by atoms with E-state index in [0.29, 0.717) is 33.9 Å². The number of allylic oxidation sites excluding steroid dienone is 2. The lowest BCUT2D eigenvalue weighted by atomic mass is 9.94. The van der Waals surface area contributed by atoms with Crippen molar-refractivity contribution in [2.24, 2.45) is 5.92 Å². The number of carboxylic acids is 1. The van der Waals surface area contributed by atoms with Gasteiger partial charge in [0.25, 0.3) is 0 Å². The fraction of sp³-hybridized carbons (Fsp3) is 0.261. The molecule has 0 bridgehead atoms. The van der Waals surface area contributed by atoms with Gasteiger partial charge in [0.2, 0.25) is 0 Å². The maximum absolute atomic E-state index is 14.0. The van der Waals surface area contributed by atoms with Gasteiger partial charge in [0.1, 0.15) is 23.1 Å². The number of carboxylic acid groups (broad SMARTS) is 1. The summed E-state index contributed by atoms with van der Waals surface area (Å²) >= 11 is 0. The molecule has 1 atom stereocenters. The lowest BCUT2D eigenvalue weighted by Crippen LogP contribution is -2.11. The molecule has 152 valence electrons. The van der Waals surface area contributed by atoms with E-state index < -0.39 is 17.7 Å². The van der Waals surface area contributed by atoms with E-state index in [4.69, 9.17) is 14.2 Å². The number of rotatable bonds is 6. The highest BCUT2D eigenvalue weighted by Crippen LogP contribution is 2.47. The van der Waals surface area contributed by atoms with Crippen LogP contribution in [0.2, 0.25) is 0 Å². The molecule has 6 heteroatoms. The van der Waals surface area contributed by atoms with E-state index in [1.165, 1.54) is 12.1 Å². The second-order valence-electron chi connectivity index (χ2n) is 6.79. The molecule has 0 spiro atoms. The van der Waals surface area contributed by atoms with Gasteiger partial charge in [-0.05, 0) is 59.9 Å². The van der Waals surface area contributed by atoms with Crippen molar-refractivity contribution in [2.75, 3.05) is 21.3 Å². The highest BCUT2D eigenvalue weighted by Gasteiger charge is 2.31. The van der Waals surface area contributed by atoms with Gasteiger partial charge in [0, 0.05) is 12.1 Å². The number of carbonyl (C=O) groups is 1. The summed E-state index contributed by atoms with van der Waals surface area (Å²) in [6, 6.07) is 7.92. The van der Waals surface area contributed by atoms with Gasteiger partial charge in [-0.25, -0.2) is 4.39 Å². The van der Waals surface area contributed by atoms with Gasteiger partial charge < -0.3 is 19.3 Å². The Labute approximate surface area is 169 Å². The molecule has 2 aromatic carbocycles. The highest BCUT2D eigenvalue weighted by molar-refractivity contribution is 6.09. The summed E-state index contributed by atoms with van der Waals surface area (Å²) in [5.41, 5.74) is 4.22. The first kappa shape index (κ1) is 20.5. The molecule has 0 aliphatic heterocycles. The molecule has 0 saturated heterocycles. The fourth-order valence-corrected chi connectivity index (χ4v) is 3.71. The van der Waals surface area contributed by atoms with E-state index in [-0.39, 0.29) is 0 Å². The van der Waals surface area contributed by atoms with Crippen LogP contribution >= 0.6 is 0 Å². The van der Waals surface area contributed by atoms with Crippen molar-refractivity contribution in [1.29, 1.82) is 0 Å². The summed E-state index contributed by atoms with van der Waals surface area (Å²) in [5.74, 6) is -0.471. The van der Waals surface area contributed by atoms with Crippen molar-refractivity contribution in [3.05, 3.63) is 58.4 Å². The quantitative estimate of drug-likeness (QED) is 0.750. The van der Waals surface area contributed by atoms with Crippen LogP contribution in [0.5, 0.6) is 17.2 Å². The van der Waals surface area contributed by atoms with Gasteiger partial charge in [0.15, 0.2) is 0 Å². The van der Waals surface area contributed by atoms with Crippen molar-refractivity contribution in [3.63, 3.8) is 0 Å². The highest BCUT2D eigenvalue weighted by atomic mass is 19.1. The normalized spacial score (nSPS) is 15.3. The predicted octanol–water partition coefficient (Wildman–Crippen LogP) is 4.90. The van der Waals surface area contributed by atoms with Crippen LogP contribution in [0.1, 0.15) is 30.5 Å². The van der Waals surface area contributed by atoms with E-state index in [1.807, 2.05) is 13.0 Å². The Hall–Kier alpha value is -3.28. The maximum Gasteiger partial charge on any atom is 0.310 e. The van der Waals surface area contributed by atoms with Gasteiger partial charge in [0.05, 0.1) is 32.8 Å². The van der Waals surface area contributed by atoms with E-state index in [0.717, 1.165) is 16.7 Å². The first-order valence-electron chi connectivity index (χ1n) is 9.08. The Morgan fingerprint density at radius 1 is 1.03 bits per heavy atom. The molecule has 0 fully saturated rings. The third-order valence-electron chi connectivity index (χ3n) is 5.22. The van der Waals surface area contributed by atoms with Crippen LogP contribution in [0, 0.1) is 11.7 Å². The molecule has 2 aromatic rings. The molecule has 3 rings (SSSR count). The summed E-state index contributed by atoms with van der Waals surface area (Å²) in [7, 11) is 4.66. The number of ether oxygens (including phenoxy) is 3. The molecule has 29 heavy (non-hydrogen) atoms. The third kappa shape index (κ3) is 3.58. The van der Waals surface area contributed by atoms with Gasteiger partial charge in [-0.15, -0.1) is 0 Å². The Kier molecular flexibility index (Phi) is 5.64. The van der Waals surface area contributed by atoms with E-state index in [2.05, 4.69) is 0 Å². The summed E-state index contributed by atoms with van der Waals surface area (Å²) in [4.78, 5) is 11.7. The number of fused-ring (bicyclic) bond motifs is 1. The fourth-order valence-electron chi connectivity index (χ4n) is 3.71. The number of benzene rings is 2. The number of halogens is 1. The van der Waals surface area contributed by atoms with Crippen molar-refractivity contribution in [2.45, 2.75) is 13.8 Å². The van der Waals surface area contributed by atoms with Gasteiger partial charge in [-0.1, -0.05) is 6.07 Å². The molecule has 1 aliphatic carbocycles. The standard InChI is InChI=1S/C23H23FO5/c1-12-17(11-19-20(28-4)9-15(27-3)10-21(19)29-5)16-7-6-14(24)8-18(16)22(12)13(2)23(25)26/h6-11,13H,1-5H3,(H,25,26)/b17-11+. The smallest absolute Gasteiger partial charge is 0.310 e. The van der Waals surface area contributed by atoms with Gasteiger partial charge in [-0.3, -0.25) is 4.79 Å². The second-order valence-corrected chi connectivity index (χ2v) is 6.79. The SMILES string of the molecule is COc1cc(OC)c(/C=C2\C(C)=C(C(C)C(=O)O)c3cc(F)ccc32)c(OC)c1. The first-order valence-corrected chi connectivity index (χ1v) is 9.08. The van der Waals surface area contributed by atoms with Crippen LogP contribution < -0.4 is 14.2 Å². The molecule has 0 amide bonds. The summed E-state index contributed by atoms with van der Waals surface area (Å²) in [5, 5.41) is 9.55. The largest absolute Gasteiger partial charge is 0.496 e. The topological polar surface area (TPSA) is 65.0 Å². The number of methoxy groups -OCH3 is 3. The molecular formula is C23H23FO5. The molecule has 0 saturated carbocycles. The molecular weight excluding hydrogens is 375 g/mol. The number of hydrogen-bond acceptors (Lipinski definition) is 4. The van der Waals surface area contributed by atoms with Crippen LogP contribution in [0.25, 0.3) is 17.2 Å². The summed E-state index contributed by atoms with van der Waals surface area (Å²) in [6.45, 7) is 3.45. The maximum atomic E-state index is 14.0. The molecule has 0 heterocycles. The Balaban J connectivity index is 2.29. The van der Waals surface area contributed by atoms with Crippen LogP contribution in [0.4, 0.5) is 4.39 Å². The Bertz CT molecular complexity index is 1010. The van der Waals surface area contributed by atoms with Crippen LogP contribution in [-0.4, -0.2) is 32.4 Å². The zero-order chi connectivity index (χ0) is 21.3. The van der Waals surface area contributed by atoms with E-state index in [1.54, 1.807) is 46.5 Å². The van der Waals surface area contributed by atoms with E-state index >= 15 is 0 Å². The van der Waals surface area contributed by atoms with Gasteiger partial charge >= 0.3 is 5.97 Å². The molecule has 0 aromatic heterocycles. The minimum absolute atomic E-state index is 0.410. The zero-order valence-corrected chi connectivity index (χ0v) is 17.0. The van der Waals surface area contributed by atoms with Crippen molar-refractivity contribution < 1.29 is 28.5 Å². The second kappa shape index (κ2) is 7.99. The van der Waals surface area contributed by atoms with E-state index in [9.17, 15) is 14.3 Å². The lowest BCUT2D eigenvalue weighted by Gasteiger charge is -2.14. The minimum Gasteiger partial charge on any atom is -0.496 e. The molecule has 1 unspecified atom stereocenters. The monoisotopic (exact) mass is 398 g/mol. The Morgan fingerprint density at radius 2 is 1.66 bits per heavy atom. The van der Waals surface area contributed by atoms with Crippen molar-refractivity contribution in [3.8, 4) is 17.2 Å². The number of hydrogen-bond donors (Lipinski definition) is 1. The number of aliphatic carboxylic acids is 1. The minimum atomic E-state index is -0.963.